The maximum Gasteiger partial charge on any atom is 0.417 e. The second kappa shape index (κ2) is 9.69. The Bertz CT molecular complexity index is 1050. The topological polar surface area (TPSA) is 111 Å². The van der Waals surface area contributed by atoms with Crippen molar-refractivity contribution in [1.82, 2.24) is 15.1 Å². The van der Waals surface area contributed by atoms with Crippen molar-refractivity contribution in [1.29, 1.82) is 5.26 Å². The lowest BCUT2D eigenvalue weighted by Crippen LogP contribution is -2.49. The number of benzene rings is 1. The number of piperidine rings is 1. The van der Waals surface area contributed by atoms with Crippen LogP contribution in [-0.4, -0.2) is 74.6 Å². The first-order chi connectivity index (χ1) is 15.5. The molecule has 0 bridgehead atoms. The van der Waals surface area contributed by atoms with Crippen LogP contribution in [0, 0.1) is 17.2 Å². The van der Waals surface area contributed by atoms with E-state index in [1.165, 1.54) is 11.0 Å². The Morgan fingerprint density at radius 3 is 2.45 bits per heavy atom. The monoisotopic (exact) mass is 486 g/mol. The van der Waals surface area contributed by atoms with Crippen LogP contribution in [0.2, 0.25) is 0 Å². The van der Waals surface area contributed by atoms with E-state index in [1.807, 2.05) is 11.9 Å². The highest BCUT2D eigenvalue weighted by Gasteiger charge is 2.48. The Balaban J connectivity index is 1.92. The molecule has 1 aromatic carbocycles. The summed E-state index contributed by atoms with van der Waals surface area (Å²) >= 11 is 0. The van der Waals surface area contributed by atoms with Gasteiger partial charge in [0, 0.05) is 12.5 Å². The van der Waals surface area contributed by atoms with Gasteiger partial charge < -0.3 is 15.1 Å². The quantitative estimate of drug-likeness (QED) is 0.631. The molecule has 33 heavy (non-hydrogen) atoms. The van der Waals surface area contributed by atoms with Gasteiger partial charge in [0.1, 0.15) is 12.6 Å². The van der Waals surface area contributed by atoms with Gasteiger partial charge in [-0.15, -0.1) is 0 Å². The van der Waals surface area contributed by atoms with Crippen molar-refractivity contribution in [2.45, 2.75) is 41.6 Å². The molecule has 3 rings (SSSR count). The van der Waals surface area contributed by atoms with Crippen LogP contribution in [-0.2, 0) is 25.6 Å². The fourth-order valence-electron chi connectivity index (χ4n) is 4.38. The zero-order valence-corrected chi connectivity index (χ0v) is 18.8. The van der Waals surface area contributed by atoms with Gasteiger partial charge in [0.2, 0.25) is 11.8 Å². The van der Waals surface area contributed by atoms with E-state index in [0.29, 0.717) is 32.0 Å². The summed E-state index contributed by atoms with van der Waals surface area (Å²) in [5, 5.41) is 9.71. The molecule has 2 amide bonds. The highest BCUT2D eigenvalue weighted by Crippen LogP contribution is 2.38. The largest absolute Gasteiger partial charge is 0.417 e. The summed E-state index contributed by atoms with van der Waals surface area (Å²) in [6.45, 7) is 0.608. The summed E-state index contributed by atoms with van der Waals surface area (Å²) in [6, 6.07) is 4.46. The third-order valence-corrected chi connectivity index (χ3v) is 8.38. The van der Waals surface area contributed by atoms with Crippen LogP contribution in [0.4, 0.5) is 13.2 Å². The highest BCUT2D eigenvalue weighted by atomic mass is 32.2. The van der Waals surface area contributed by atoms with Crippen LogP contribution in [0.5, 0.6) is 0 Å². The molecule has 2 atom stereocenters. The van der Waals surface area contributed by atoms with E-state index in [9.17, 15) is 31.2 Å². The third-order valence-electron chi connectivity index (χ3n) is 6.20. The second-order valence-electron chi connectivity index (χ2n) is 8.36. The van der Waals surface area contributed by atoms with E-state index < -0.39 is 49.6 Å². The number of likely N-dealkylation sites (tertiary alicyclic amines) is 2. The van der Waals surface area contributed by atoms with Gasteiger partial charge in [-0.1, -0.05) is 12.1 Å². The molecule has 0 radical (unpaired) electrons. The number of nitriles is 1. The smallest absolute Gasteiger partial charge is 0.341 e. The molecule has 0 unspecified atom stereocenters. The van der Waals surface area contributed by atoms with E-state index >= 15 is 0 Å². The van der Waals surface area contributed by atoms with Gasteiger partial charge in [-0.05, 0) is 51.5 Å². The molecule has 12 heteroatoms. The fourth-order valence-corrected chi connectivity index (χ4v) is 6.29. The van der Waals surface area contributed by atoms with E-state index in [4.69, 9.17) is 5.26 Å². The Labute approximate surface area is 190 Å². The maximum absolute atomic E-state index is 13.5. The molecule has 0 saturated carbocycles. The van der Waals surface area contributed by atoms with Gasteiger partial charge in [0.05, 0.1) is 21.8 Å². The lowest BCUT2D eigenvalue weighted by Gasteiger charge is -2.32. The number of amides is 2. The molecule has 2 aliphatic rings. The predicted octanol–water partition coefficient (Wildman–Crippen LogP) is 1.43. The van der Waals surface area contributed by atoms with Crippen molar-refractivity contribution in [3.05, 3.63) is 29.8 Å². The molecule has 0 aliphatic carbocycles. The molecule has 1 N–H and O–H groups in total. The van der Waals surface area contributed by atoms with E-state index in [2.05, 4.69) is 5.32 Å². The number of halogens is 3. The molecule has 180 valence electrons. The van der Waals surface area contributed by atoms with E-state index in [1.54, 1.807) is 6.07 Å². The molecule has 1 aromatic rings. The predicted molar refractivity (Wildman–Crippen MR) is 111 cm³/mol. The molecule has 0 aromatic heterocycles. The second-order valence-corrected chi connectivity index (χ2v) is 10.6. The minimum atomic E-state index is -4.88. The molecule has 2 heterocycles. The number of hydrogen-bond acceptors (Lipinski definition) is 6. The van der Waals surface area contributed by atoms with Gasteiger partial charge in [0.25, 0.3) is 0 Å². The van der Waals surface area contributed by atoms with E-state index in [0.717, 1.165) is 12.1 Å². The minimum absolute atomic E-state index is 0.333. The van der Waals surface area contributed by atoms with Gasteiger partial charge in [-0.3, -0.25) is 9.59 Å². The van der Waals surface area contributed by atoms with Crippen molar-refractivity contribution in [2.24, 2.45) is 5.92 Å². The summed E-state index contributed by atoms with van der Waals surface area (Å²) in [4.78, 5) is 28.2. The number of sulfone groups is 1. The minimum Gasteiger partial charge on any atom is -0.341 e. The lowest BCUT2D eigenvalue weighted by atomic mass is 9.95. The Hall–Kier alpha value is -2.65. The normalized spacial score (nSPS) is 22.7. The average molecular weight is 487 g/mol. The standard InChI is InChI=1S/C21H25F3N4O4S/c1-27-10-6-14(7-11-27)20(30)28-13-15(12-17(28)19(29)26-9-8-25)33(31,32)18-5-3-2-4-16(18)21(22,23)24/h2-5,14-15,17H,6-7,9-13H2,1H3,(H,26,29)/t15-,17+/m1/s1. The molecular weight excluding hydrogens is 461 g/mol. The van der Waals surface area contributed by atoms with Crippen molar-refractivity contribution in [3.63, 3.8) is 0 Å². The number of alkyl halides is 3. The lowest BCUT2D eigenvalue weighted by molar-refractivity contribution is -0.142. The summed E-state index contributed by atoms with van der Waals surface area (Å²) in [7, 11) is -2.60. The first-order valence-corrected chi connectivity index (χ1v) is 12.0. The van der Waals surface area contributed by atoms with Crippen LogP contribution in [0.25, 0.3) is 0 Å². The fraction of sp³-hybridized carbons (Fsp3) is 0.571. The van der Waals surface area contributed by atoms with Gasteiger partial charge in [-0.25, -0.2) is 8.42 Å². The zero-order valence-electron chi connectivity index (χ0n) is 18.0. The number of rotatable bonds is 5. The van der Waals surface area contributed by atoms with Crippen molar-refractivity contribution >= 4 is 21.7 Å². The first kappa shape index (κ1) is 25.0. The highest BCUT2D eigenvalue weighted by molar-refractivity contribution is 7.92. The summed E-state index contributed by atoms with van der Waals surface area (Å²) < 4.78 is 66.9. The van der Waals surface area contributed by atoms with Gasteiger partial charge in [0.15, 0.2) is 9.84 Å². The van der Waals surface area contributed by atoms with Crippen LogP contribution in [0.15, 0.2) is 29.2 Å². The number of carbonyl (C=O) groups excluding carboxylic acids is 2. The Morgan fingerprint density at radius 1 is 1.21 bits per heavy atom. The summed E-state index contributed by atoms with van der Waals surface area (Å²) in [5.74, 6) is -1.49. The van der Waals surface area contributed by atoms with Crippen LogP contribution in [0.3, 0.4) is 0 Å². The van der Waals surface area contributed by atoms with Crippen molar-refractivity contribution < 1.29 is 31.2 Å². The molecule has 2 fully saturated rings. The average Bonchev–Trinajstić information content (AvgIpc) is 3.23. The number of nitrogens with zero attached hydrogens (tertiary/aromatic N) is 3. The van der Waals surface area contributed by atoms with Crippen molar-refractivity contribution in [2.75, 3.05) is 33.2 Å². The Morgan fingerprint density at radius 2 is 1.85 bits per heavy atom. The molecular formula is C21H25F3N4O4S. The SMILES string of the molecule is CN1CCC(C(=O)N2C[C@H](S(=O)(=O)c3ccccc3C(F)(F)F)C[C@H]2C(=O)NCC#N)CC1. The molecule has 2 aliphatic heterocycles. The maximum atomic E-state index is 13.5. The van der Waals surface area contributed by atoms with Gasteiger partial charge >= 0.3 is 6.18 Å². The Kier molecular flexibility index (Phi) is 7.33. The number of hydrogen-bond donors (Lipinski definition) is 1. The third kappa shape index (κ3) is 5.30. The summed E-state index contributed by atoms with van der Waals surface area (Å²) in [6.07, 6.45) is -4.15. The number of carbonyl (C=O) groups is 2. The zero-order chi connectivity index (χ0) is 24.4. The van der Waals surface area contributed by atoms with Gasteiger partial charge in [-0.2, -0.15) is 18.4 Å². The molecule has 8 nitrogen and oxygen atoms in total. The molecule has 0 spiro atoms. The van der Waals surface area contributed by atoms with Crippen molar-refractivity contribution in [3.8, 4) is 6.07 Å². The first-order valence-electron chi connectivity index (χ1n) is 10.5. The summed E-state index contributed by atoms with van der Waals surface area (Å²) in [5.41, 5.74) is -1.28. The van der Waals surface area contributed by atoms with E-state index in [-0.39, 0.29) is 25.4 Å². The van der Waals surface area contributed by atoms with Crippen LogP contribution in [0.1, 0.15) is 24.8 Å². The van der Waals surface area contributed by atoms with Crippen LogP contribution >= 0.6 is 0 Å². The molecule has 2 saturated heterocycles. The number of nitrogens with one attached hydrogen (secondary N) is 1. The van der Waals surface area contributed by atoms with Crippen LogP contribution < -0.4 is 5.32 Å².